The number of aromatic nitrogens is 3. The van der Waals surface area contributed by atoms with Crippen molar-refractivity contribution in [2.75, 3.05) is 18.0 Å². The fourth-order valence-corrected chi connectivity index (χ4v) is 4.66. The molecule has 146 valence electrons. The van der Waals surface area contributed by atoms with Crippen LogP contribution in [0.25, 0.3) is 4.96 Å². The second kappa shape index (κ2) is 8.00. The van der Waals surface area contributed by atoms with Gasteiger partial charge in [-0.05, 0) is 30.4 Å². The Bertz CT molecular complexity index is 1080. The Balaban J connectivity index is 1.56. The van der Waals surface area contributed by atoms with Gasteiger partial charge in [0.05, 0.1) is 0 Å². The van der Waals surface area contributed by atoms with E-state index >= 15 is 0 Å². The first-order chi connectivity index (χ1) is 13.5. The zero-order valence-corrected chi connectivity index (χ0v) is 17.8. The van der Waals surface area contributed by atoms with Gasteiger partial charge >= 0.3 is 0 Å². The molecule has 7 nitrogen and oxygen atoms in total. The van der Waals surface area contributed by atoms with E-state index in [0.29, 0.717) is 17.4 Å². The summed E-state index contributed by atoms with van der Waals surface area (Å²) in [6.45, 7) is 4.39. The van der Waals surface area contributed by atoms with Crippen LogP contribution in [-0.4, -0.2) is 33.6 Å². The lowest BCUT2D eigenvalue weighted by Crippen LogP contribution is -2.34. The molecule has 0 radical (unpaired) electrons. The summed E-state index contributed by atoms with van der Waals surface area (Å²) in [4.78, 5) is 32.3. The first kappa shape index (κ1) is 19.1. The Morgan fingerprint density at radius 1 is 1.39 bits per heavy atom. The van der Waals surface area contributed by atoms with Gasteiger partial charge in [-0.1, -0.05) is 52.4 Å². The highest BCUT2D eigenvalue weighted by atomic mass is 79.9. The van der Waals surface area contributed by atoms with Crippen molar-refractivity contribution in [3.8, 4) is 0 Å². The zero-order chi connectivity index (χ0) is 19.7. The average molecular weight is 462 g/mol. The number of anilines is 1. The number of fused-ring (bicyclic) bond motifs is 1. The molecule has 1 fully saturated rings. The Morgan fingerprint density at radius 3 is 3.00 bits per heavy atom. The molecule has 1 aliphatic rings. The van der Waals surface area contributed by atoms with Crippen molar-refractivity contribution < 1.29 is 4.79 Å². The Kier molecular flexibility index (Phi) is 5.45. The number of hydrogen-bond acceptors (Lipinski definition) is 6. The third-order valence-corrected chi connectivity index (χ3v) is 6.60. The summed E-state index contributed by atoms with van der Waals surface area (Å²) in [5.41, 5.74) is 0.482. The summed E-state index contributed by atoms with van der Waals surface area (Å²) in [6, 6.07) is 7.61. The number of amides is 1. The van der Waals surface area contributed by atoms with Crippen molar-refractivity contribution in [3.63, 3.8) is 0 Å². The molecule has 4 rings (SSSR count). The Labute approximate surface area is 174 Å². The quantitative estimate of drug-likeness (QED) is 0.645. The van der Waals surface area contributed by atoms with E-state index in [-0.39, 0.29) is 5.56 Å². The molecule has 0 bridgehead atoms. The van der Waals surface area contributed by atoms with E-state index in [2.05, 4.69) is 43.2 Å². The fraction of sp³-hybridized carbons (Fsp3) is 0.368. The predicted octanol–water partition coefficient (Wildman–Crippen LogP) is 3.08. The third-order valence-electron chi connectivity index (χ3n) is 4.85. The van der Waals surface area contributed by atoms with Gasteiger partial charge in [0.2, 0.25) is 10.1 Å². The minimum Gasteiger partial charge on any atom is -0.348 e. The first-order valence-electron chi connectivity index (χ1n) is 9.18. The molecule has 1 aromatic carbocycles. The number of carbonyl (C=O) groups is 1. The monoisotopic (exact) mass is 461 g/mol. The van der Waals surface area contributed by atoms with Crippen molar-refractivity contribution in [2.24, 2.45) is 5.92 Å². The second-order valence-electron chi connectivity index (χ2n) is 7.02. The van der Waals surface area contributed by atoms with Crippen LogP contribution >= 0.6 is 27.3 Å². The van der Waals surface area contributed by atoms with Crippen LogP contribution in [0.3, 0.4) is 0 Å². The molecule has 2 aromatic heterocycles. The lowest BCUT2D eigenvalue weighted by molar-refractivity contribution is 0.0948. The van der Waals surface area contributed by atoms with E-state index in [1.165, 1.54) is 28.5 Å². The number of halogens is 1. The van der Waals surface area contributed by atoms with E-state index in [1.54, 1.807) is 0 Å². The molecule has 1 aliphatic heterocycles. The van der Waals surface area contributed by atoms with Gasteiger partial charge in [0, 0.05) is 30.3 Å². The van der Waals surface area contributed by atoms with Gasteiger partial charge in [0.15, 0.2) is 0 Å². The number of nitrogens with one attached hydrogen (secondary N) is 1. The minimum absolute atomic E-state index is 0.00610. The Morgan fingerprint density at radius 2 is 2.21 bits per heavy atom. The van der Waals surface area contributed by atoms with Crippen LogP contribution in [0.2, 0.25) is 0 Å². The third kappa shape index (κ3) is 3.81. The number of nitrogens with zero attached hydrogens (tertiary/aromatic N) is 4. The number of rotatable bonds is 4. The van der Waals surface area contributed by atoms with Gasteiger partial charge in [-0.3, -0.25) is 9.59 Å². The first-order valence-corrected chi connectivity index (χ1v) is 10.8. The highest BCUT2D eigenvalue weighted by Gasteiger charge is 2.22. The number of benzene rings is 1. The van der Waals surface area contributed by atoms with E-state index in [1.807, 2.05) is 24.3 Å². The molecule has 3 heterocycles. The molecule has 0 aliphatic carbocycles. The van der Waals surface area contributed by atoms with Crippen molar-refractivity contribution in [3.05, 3.63) is 56.4 Å². The molecule has 3 aromatic rings. The van der Waals surface area contributed by atoms with Gasteiger partial charge in [-0.2, -0.15) is 4.52 Å². The lowest BCUT2D eigenvalue weighted by atomic mass is 10.0. The highest BCUT2D eigenvalue weighted by Crippen LogP contribution is 2.26. The summed E-state index contributed by atoms with van der Waals surface area (Å²) in [5, 5.41) is 8.00. The van der Waals surface area contributed by atoms with Crippen molar-refractivity contribution in [1.82, 2.24) is 19.9 Å². The van der Waals surface area contributed by atoms with Gasteiger partial charge in [-0.25, -0.2) is 4.98 Å². The smallest absolute Gasteiger partial charge is 0.288 e. The second-order valence-corrected chi connectivity index (χ2v) is 8.81. The molecule has 1 amide bonds. The highest BCUT2D eigenvalue weighted by molar-refractivity contribution is 9.10. The van der Waals surface area contributed by atoms with Crippen LogP contribution in [-0.2, 0) is 6.54 Å². The van der Waals surface area contributed by atoms with Crippen LogP contribution in [0.15, 0.2) is 39.7 Å². The summed E-state index contributed by atoms with van der Waals surface area (Å²) < 4.78 is 2.15. The van der Waals surface area contributed by atoms with Crippen molar-refractivity contribution in [1.29, 1.82) is 0 Å². The summed E-state index contributed by atoms with van der Waals surface area (Å²) in [6.07, 6.45) is 3.66. The van der Waals surface area contributed by atoms with Gasteiger partial charge in [-0.15, -0.1) is 5.10 Å². The molecule has 0 saturated carbocycles. The average Bonchev–Trinajstić information content (AvgIpc) is 3.13. The maximum Gasteiger partial charge on any atom is 0.288 e. The SMILES string of the molecule is C[C@@H]1CCCN(c2nn3c(=O)c(C(=O)NCc4ccccc4Br)cnc3s2)C1. The summed E-state index contributed by atoms with van der Waals surface area (Å²) in [5.74, 6) is 0.146. The molecular formula is C19H20BrN5O2S. The fourth-order valence-electron chi connectivity index (χ4n) is 3.34. The Hall–Kier alpha value is -2.26. The van der Waals surface area contributed by atoms with Crippen LogP contribution in [0.4, 0.5) is 5.13 Å². The molecule has 28 heavy (non-hydrogen) atoms. The predicted molar refractivity (Wildman–Crippen MR) is 113 cm³/mol. The summed E-state index contributed by atoms with van der Waals surface area (Å²) >= 11 is 4.83. The van der Waals surface area contributed by atoms with Crippen molar-refractivity contribution >= 4 is 43.3 Å². The largest absolute Gasteiger partial charge is 0.348 e. The maximum absolute atomic E-state index is 12.8. The van der Waals surface area contributed by atoms with Gasteiger partial charge in [0.1, 0.15) is 5.56 Å². The van der Waals surface area contributed by atoms with Crippen LogP contribution in [0.1, 0.15) is 35.7 Å². The maximum atomic E-state index is 12.8. The molecule has 1 N–H and O–H groups in total. The van der Waals surface area contributed by atoms with Crippen LogP contribution in [0.5, 0.6) is 0 Å². The molecular weight excluding hydrogens is 442 g/mol. The van der Waals surface area contributed by atoms with Gasteiger partial charge < -0.3 is 10.2 Å². The standard InChI is InChI=1S/C19H20BrN5O2S/c1-12-5-4-8-24(11-12)19-23-25-17(27)14(10-22-18(25)28-19)16(26)21-9-13-6-2-3-7-15(13)20/h2-3,6-7,10,12H,4-5,8-9,11H2,1H3,(H,21,26)/t12-/m1/s1. The van der Waals surface area contributed by atoms with E-state index in [0.717, 1.165) is 34.7 Å². The molecule has 9 heteroatoms. The number of piperidine rings is 1. The normalized spacial score (nSPS) is 17.1. The molecule has 1 saturated heterocycles. The van der Waals surface area contributed by atoms with Crippen molar-refractivity contribution in [2.45, 2.75) is 26.3 Å². The van der Waals surface area contributed by atoms with E-state index < -0.39 is 11.5 Å². The number of hydrogen-bond donors (Lipinski definition) is 1. The molecule has 0 unspecified atom stereocenters. The van der Waals surface area contributed by atoms with Gasteiger partial charge in [0.25, 0.3) is 11.5 Å². The van der Waals surface area contributed by atoms with E-state index in [9.17, 15) is 9.59 Å². The molecule has 1 atom stereocenters. The zero-order valence-electron chi connectivity index (χ0n) is 15.4. The summed E-state index contributed by atoms with van der Waals surface area (Å²) in [7, 11) is 0. The van der Waals surface area contributed by atoms with E-state index in [4.69, 9.17) is 0 Å². The van der Waals surface area contributed by atoms with Crippen LogP contribution < -0.4 is 15.8 Å². The van der Waals surface area contributed by atoms with Crippen LogP contribution in [0, 0.1) is 5.92 Å². The minimum atomic E-state index is -0.455. The number of carbonyl (C=O) groups excluding carboxylic acids is 1. The topological polar surface area (TPSA) is 79.6 Å². The lowest BCUT2D eigenvalue weighted by Gasteiger charge is -2.30. The molecule has 0 spiro atoms.